The van der Waals surface area contributed by atoms with Crippen molar-refractivity contribution >= 4 is 17.3 Å². The standard InChI is InChI=1S/C14H11ClN4/c15-12-9-17-6-5-13(12)19-8-7-18-14(19)10-1-3-11(16)4-2-10/h1-9H,16H2. The average molecular weight is 271 g/mol. The first kappa shape index (κ1) is 11.7. The van der Waals surface area contributed by atoms with Gasteiger partial charge in [-0.25, -0.2) is 4.98 Å². The number of hydrogen-bond donors (Lipinski definition) is 1. The molecule has 94 valence electrons. The lowest BCUT2D eigenvalue weighted by Crippen LogP contribution is -1.97. The lowest BCUT2D eigenvalue weighted by molar-refractivity contribution is 1.06. The third-order valence-electron chi connectivity index (χ3n) is 2.82. The van der Waals surface area contributed by atoms with Crippen LogP contribution in [-0.2, 0) is 0 Å². The Morgan fingerprint density at radius 1 is 1.05 bits per heavy atom. The molecule has 0 radical (unpaired) electrons. The Morgan fingerprint density at radius 3 is 2.58 bits per heavy atom. The summed E-state index contributed by atoms with van der Waals surface area (Å²) in [6.07, 6.45) is 6.92. The van der Waals surface area contributed by atoms with Crippen LogP contribution in [0.3, 0.4) is 0 Å². The fourth-order valence-corrected chi connectivity index (χ4v) is 2.12. The van der Waals surface area contributed by atoms with E-state index in [1.54, 1.807) is 18.6 Å². The second kappa shape index (κ2) is 4.74. The van der Waals surface area contributed by atoms with Crippen molar-refractivity contribution in [1.29, 1.82) is 0 Å². The Bertz CT molecular complexity index is 703. The summed E-state index contributed by atoms with van der Waals surface area (Å²) < 4.78 is 1.93. The highest BCUT2D eigenvalue weighted by molar-refractivity contribution is 6.32. The Hall–Kier alpha value is -2.33. The van der Waals surface area contributed by atoms with Crippen LogP contribution >= 0.6 is 11.6 Å². The van der Waals surface area contributed by atoms with E-state index in [9.17, 15) is 0 Å². The Morgan fingerprint density at radius 2 is 1.84 bits per heavy atom. The first-order valence-corrected chi connectivity index (χ1v) is 6.12. The van der Waals surface area contributed by atoms with Gasteiger partial charge in [-0.1, -0.05) is 11.6 Å². The Balaban J connectivity index is 2.13. The van der Waals surface area contributed by atoms with Crippen molar-refractivity contribution in [3.63, 3.8) is 0 Å². The van der Waals surface area contributed by atoms with E-state index < -0.39 is 0 Å². The largest absolute Gasteiger partial charge is 0.399 e. The molecule has 2 N–H and O–H groups in total. The minimum atomic E-state index is 0.581. The number of rotatable bonds is 2. The number of nitrogens with zero attached hydrogens (tertiary/aromatic N) is 3. The molecule has 2 heterocycles. The summed E-state index contributed by atoms with van der Waals surface area (Å²) in [6, 6.07) is 9.42. The van der Waals surface area contributed by atoms with Gasteiger partial charge in [-0.05, 0) is 30.3 Å². The molecule has 3 rings (SSSR count). The number of pyridine rings is 1. The second-order valence-electron chi connectivity index (χ2n) is 4.07. The van der Waals surface area contributed by atoms with Crippen LogP contribution in [0, 0.1) is 0 Å². The van der Waals surface area contributed by atoms with Gasteiger partial charge in [-0.3, -0.25) is 9.55 Å². The maximum atomic E-state index is 6.17. The molecule has 0 aliphatic rings. The summed E-state index contributed by atoms with van der Waals surface area (Å²) in [5.74, 6) is 0.813. The molecule has 0 atom stereocenters. The highest BCUT2D eigenvalue weighted by Gasteiger charge is 2.09. The third kappa shape index (κ3) is 2.18. The fraction of sp³-hybridized carbons (Fsp3) is 0. The van der Waals surface area contributed by atoms with Gasteiger partial charge in [0.25, 0.3) is 0 Å². The van der Waals surface area contributed by atoms with Crippen molar-refractivity contribution in [2.45, 2.75) is 0 Å². The predicted octanol–water partition coefficient (Wildman–Crippen LogP) is 3.17. The van der Waals surface area contributed by atoms with Crippen molar-refractivity contribution in [3.05, 3.63) is 60.1 Å². The van der Waals surface area contributed by atoms with Crippen molar-refractivity contribution in [2.75, 3.05) is 5.73 Å². The summed E-state index contributed by atoms with van der Waals surface area (Å²) in [6.45, 7) is 0. The van der Waals surface area contributed by atoms with Gasteiger partial charge in [0.05, 0.1) is 10.7 Å². The monoisotopic (exact) mass is 270 g/mol. The minimum Gasteiger partial charge on any atom is -0.399 e. The molecule has 5 heteroatoms. The molecule has 19 heavy (non-hydrogen) atoms. The van der Waals surface area contributed by atoms with Crippen LogP contribution in [0.4, 0.5) is 5.69 Å². The van der Waals surface area contributed by atoms with E-state index in [2.05, 4.69) is 9.97 Å². The number of aromatic nitrogens is 3. The van der Waals surface area contributed by atoms with Crippen LogP contribution in [0.1, 0.15) is 0 Å². The Kier molecular flexibility index (Phi) is 2.93. The minimum absolute atomic E-state index is 0.581. The van der Waals surface area contributed by atoms with Gasteiger partial charge in [0, 0.05) is 36.0 Å². The molecule has 0 aliphatic carbocycles. The molecule has 0 fully saturated rings. The van der Waals surface area contributed by atoms with Crippen LogP contribution < -0.4 is 5.73 Å². The molecule has 0 saturated heterocycles. The molecule has 1 aromatic carbocycles. The van der Waals surface area contributed by atoms with Crippen LogP contribution in [0.2, 0.25) is 5.02 Å². The van der Waals surface area contributed by atoms with E-state index in [-0.39, 0.29) is 0 Å². The predicted molar refractivity (Wildman–Crippen MR) is 76.2 cm³/mol. The van der Waals surface area contributed by atoms with Crippen LogP contribution in [-0.4, -0.2) is 14.5 Å². The first-order chi connectivity index (χ1) is 9.25. The van der Waals surface area contributed by atoms with Gasteiger partial charge in [0.15, 0.2) is 0 Å². The second-order valence-corrected chi connectivity index (χ2v) is 4.48. The van der Waals surface area contributed by atoms with Crippen molar-refractivity contribution < 1.29 is 0 Å². The van der Waals surface area contributed by atoms with E-state index in [1.165, 1.54) is 0 Å². The lowest BCUT2D eigenvalue weighted by Gasteiger charge is -2.09. The summed E-state index contributed by atoms with van der Waals surface area (Å²) in [5, 5.41) is 0.581. The van der Waals surface area contributed by atoms with Gasteiger partial charge >= 0.3 is 0 Å². The molecule has 0 unspecified atom stereocenters. The number of halogens is 1. The van der Waals surface area contributed by atoms with Gasteiger partial charge in [-0.15, -0.1) is 0 Å². The van der Waals surface area contributed by atoms with Gasteiger partial charge in [0.1, 0.15) is 5.82 Å². The number of imidazole rings is 1. The van der Waals surface area contributed by atoms with Crippen LogP contribution in [0.5, 0.6) is 0 Å². The molecule has 0 saturated carbocycles. The molecule has 0 aliphatic heterocycles. The average Bonchev–Trinajstić information content (AvgIpc) is 2.89. The first-order valence-electron chi connectivity index (χ1n) is 5.75. The molecular weight excluding hydrogens is 260 g/mol. The molecule has 0 spiro atoms. The smallest absolute Gasteiger partial charge is 0.144 e. The normalized spacial score (nSPS) is 10.6. The number of benzene rings is 1. The van der Waals surface area contributed by atoms with Gasteiger partial charge in [0.2, 0.25) is 0 Å². The quantitative estimate of drug-likeness (QED) is 0.728. The van der Waals surface area contributed by atoms with Crippen molar-refractivity contribution in [2.24, 2.45) is 0 Å². The SMILES string of the molecule is Nc1ccc(-c2nccn2-c2ccncc2Cl)cc1. The maximum absolute atomic E-state index is 6.17. The number of hydrogen-bond acceptors (Lipinski definition) is 3. The van der Waals surface area contributed by atoms with E-state index in [4.69, 9.17) is 17.3 Å². The third-order valence-corrected chi connectivity index (χ3v) is 3.11. The number of nitrogen functional groups attached to an aromatic ring is 1. The maximum Gasteiger partial charge on any atom is 0.144 e. The summed E-state index contributed by atoms with van der Waals surface area (Å²) in [4.78, 5) is 8.36. The Labute approximate surface area is 115 Å². The molecule has 3 aromatic rings. The van der Waals surface area contributed by atoms with Gasteiger partial charge < -0.3 is 5.73 Å². The highest BCUT2D eigenvalue weighted by atomic mass is 35.5. The summed E-state index contributed by atoms with van der Waals surface area (Å²) >= 11 is 6.17. The highest BCUT2D eigenvalue weighted by Crippen LogP contribution is 2.25. The van der Waals surface area contributed by atoms with E-state index in [0.29, 0.717) is 5.02 Å². The zero-order valence-electron chi connectivity index (χ0n) is 9.99. The topological polar surface area (TPSA) is 56.7 Å². The van der Waals surface area contributed by atoms with Crippen molar-refractivity contribution in [1.82, 2.24) is 14.5 Å². The van der Waals surface area contributed by atoms with Crippen LogP contribution in [0.25, 0.3) is 17.1 Å². The van der Waals surface area contributed by atoms with E-state index in [0.717, 1.165) is 22.8 Å². The zero-order valence-corrected chi connectivity index (χ0v) is 10.7. The lowest BCUT2D eigenvalue weighted by atomic mass is 10.2. The van der Waals surface area contributed by atoms with E-state index in [1.807, 2.05) is 41.1 Å². The van der Waals surface area contributed by atoms with E-state index >= 15 is 0 Å². The molecule has 4 nitrogen and oxygen atoms in total. The van der Waals surface area contributed by atoms with Crippen molar-refractivity contribution in [3.8, 4) is 17.1 Å². The van der Waals surface area contributed by atoms with Gasteiger partial charge in [-0.2, -0.15) is 0 Å². The fourth-order valence-electron chi connectivity index (χ4n) is 1.91. The molecule has 0 bridgehead atoms. The molecule has 2 aromatic heterocycles. The van der Waals surface area contributed by atoms with Crippen LogP contribution in [0.15, 0.2) is 55.1 Å². The zero-order chi connectivity index (χ0) is 13.2. The number of anilines is 1. The summed E-state index contributed by atoms with van der Waals surface area (Å²) in [7, 11) is 0. The molecule has 0 amide bonds. The molecular formula is C14H11ClN4. The summed E-state index contributed by atoms with van der Waals surface area (Å²) in [5.41, 5.74) is 8.25. The number of nitrogens with two attached hydrogens (primary N) is 1.